The highest BCUT2D eigenvalue weighted by atomic mass is 32.1. The quantitative estimate of drug-likeness (QED) is 0.792. The number of thiophene rings is 1. The molecule has 4 nitrogen and oxygen atoms in total. The fourth-order valence-electron chi connectivity index (χ4n) is 3.00. The van der Waals surface area contributed by atoms with Gasteiger partial charge in [0, 0.05) is 24.6 Å². The van der Waals surface area contributed by atoms with Crippen LogP contribution in [-0.4, -0.2) is 49.2 Å². The summed E-state index contributed by atoms with van der Waals surface area (Å²) >= 11 is 1.74. The van der Waals surface area contributed by atoms with Crippen molar-refractivity contribution in [3.05, 3.63) is 22.4 Å². The Morgan fingerprint density at radius 3 is 3.09 bits per heavy atom. The Morgan fingerprint density at radius 1 is 1.48 bits per heavy atom. The second-order valence-corrected chi connectivity index (χ2v) is 7.29. The highest BCUT2D eigenvalue weighted by Gasteiger charge is 2.24. The van der Waals surface area contributed by atoms with Gasteiger partial charge in [0.2, 0.25) is 5.91 Å². The highest BCUT2D eigenvalue weighted by molar-refractivity contribution is 7.09. The molecule has 2 atom stereocenters. The van der Waals surface area contributed by atoms with Gasteiger partial charge >= 0.3 is 0 Å². The van der Waals surface area contributed by atoms with Crippen molar-refractivity contribution in [1.29, 1.82) is 0 Å². The second-order valence-electron chi connectivity index (χ2n) is 6.26. The summed E-state index contributed by atoms with van der Waals surface area (Å²) in [6, 6.07) is 4.12. The van der Waals surface area contributed by atoms with Crippen LogP contribution < -0.4 is 5.32 Å². The lowest BCUT2D eigenvalue weighted by Crippen LogP contribution is -2.46. The normalized spacial score (nSPS) is 20.9. The van der Waals surface area contributed by atoms with E-state index in [9.17, 15) is 4.79 Å². The summed E-state index contributed by atoms with van der Waals surface area (Å²) in [7, 11) is 0. The molecule has 0 spiro atoms. The third-order valence-electron chi connectivity index (χ3n) is 4.45. The zero-order chi connectivity index (χ0) is 16.5. The number of nitrogens with one attached hydrogen (secondary N) is 1. The number of carbonyl (C=O) groups is 1. The van der Waals surface area contributed by atoms with Crippen molar-refractivity contribution >= 4 is 17.2 Å². The van der Waals surface area contributed by atoms with Crippen LogP contribution in [0, 0.1) is 0 Å². The average molecular weight is 339 g/mol. The lowest BCUT2D eigenvalue weighted by atomic mass is 10.1. The van der Waals surface area contributed by atoms with E-state index in [1.165, 1.54) is 4.88 Å². The minimum Gasteiger partial charge on any atom is -0.378 e. The van der Waals surface area contributed by atoms with E-state index in [-0.39, 0.29) is 11.9 Å². The summed E-state index contributed by atoms with van der Waals surface area (Å²) < 4.78 is 5.88. The first-order valence-corrected chi connectivity index (χ1v) is 9.74. The van der Waals surface area contributed by atoms with Crippen molar-refractivity contribution in [2.75, 3.05) is 26.2 Å². The van der Waals surface area contributed by atoms with Gasteiger partial charge in [-0.15, -0.1) is 11.3 Å². The van der Waals surface area contributed by atoms with Crippen molar-refractivity contribution < 1.29 is 9.53 Å². The summed E-state index contributed by atoms with van der Waals surface area (Å²) in [5.41, 5.74) is 0. The summed E-state index contributed by atoms with van der Waals surface area (Å²) in [6.07, 6.45) is 5.62. The zero-order valence-electron chi connectivity index (χ0n) is 14.4. The summed E-state index contributed by atoms with van der Waals surface area (Å²) in [5.74, 6) is 0.148. The van der Waals surface area contributed by atoms with Crippen LogP contribution in [0.15, 0.2) is 17.5 Å². The van der Waals surface area contributed by atoms with E-state index in [0.717, 1.165) is 58.3 Å². The molecule has 1 aliphatic rings. The molecule has 1 fully saturated rings. The van der Waals surface area contributed by atoms with Crippen molar-refractivity contribution in [3.63, 3.8) is 0 Å². The maximum Gasteiger partial charge on any atom is 0.237 e. The van der Waals surface area contributed by atoms with Crippen LogP contribution in [0.1, 0.15) is 44.4 Å². The number of hydrogen-bond acceptors (Lipinski definition) is 4. The van der Waals surface area contributed by atoms with E-state index in [1.807, 2.05) is 6.92 Å². The first kappa shape index (κ1) is 18.4. The number of nitrogens with zero attached hydrogens (tertiary/aromatic N) is 1. The van der Waals surface area contributed by atoms with Crippen molar-refractivity contribution in [2.45, 2.75) is 58.1 Å². The minimum absolute atomic E-state index is 0.0525. The van der Waals surface area contributed by atoms with Crippen LogP contribution in [0.25, 0.3) is 0 Å². The molecule has 130 valence electrons. The topological polar surface area (TPSA) is 41.6 Å². The minimum atomic E-state index is -0.0525. The fourth-order valence-corrected chi connectivity index (χ4v) is 3.71. The molecule has 0 aromatic carbocycles. The van der Waals surface area contributed by atoms with Gasteiger partial charge in [0.25, 0.3) is 0 Å². The molecule has 1 aromatic heterocycles. The Labute approximate surface area is 144 Å². The molecular formula is C18H30N2O2S. The Kier molecular flexibility index (Phi) is 8.06. The van der Waals surface area contributed by atoms with Crippen molar-refractivity contribution in [1.82, 2.24) is 10.2 Å². The molecule has 0 radical (unpaired) electrons. The Balaban J connectivity index is 1.71. The fraction of sp³-hybridized carbons (Fsp3) is 0.722. The number of rotatable bonds is 8. The van der Waals surface area contributed by atoms with Gasteiger partial charge < -0.3 is 10.1 Å². The van der Waals surface area contributed by atoms with Gasteiger partial charge in [0.1, 0.15) is 0 Å². The molecule has 1 aliphatic heterocycles. The zero-order valence-corrected chi connectivity index (χ0v) is 15.2. The van der Waals surface area contributed by atoms with E-state index in [0.29, 0.717) is 6.10 Å². The maximum atomic E-state index is 12.4. The Hall–Kier alpha value is -0.910. The second kappa shape index (κ2) is 10.1. The van der Waals surface area contributed by atoms with Gasteiger partial charge in [-0.2, -0.15) is 0 Å². The van der Waals surface area contributed by atoms with E-state index < -0.39 is 0 Å². The van der Waals surface area contributed by atoms with Gasteiger partial charge in [-0.25, -0.2) is 0 Å². The van der Waals surface area contributed by atoms with E-state index in [2.05, 4.69) is 34.7 Å². The largest absolute Gasteiger partial charge is 0.378 e. The predicted molar refractivity (Wildman–Crippen MR) is 95.9 cm³/mol. The molecular weight excluding hydrogens is 308 g/mol. The molecule has 1 N–H and O–H groups in total. The first-order chi connectivity index (χ1) is 11.2. The van der Waals surface area contributed by atoms with E-state index in [4.69, 9.17) is 4.74 Å². The van der Waals surface area contributed by atoms with Gasteiger partial charge in [0.05, 0.1) is 12.1 Å². The smallest absolute Gasteiger partial charge is 0.237 e. The maximum absolute atomic E-state index is 12.4. The lowest BCUT2D eigenvalue weighted by Gasteiger charge is -2.26. The number of likely N-dealkylation sites (tertiary alicyclic amines) is 1. The third kappa shape index (κ3) is 6.24. The highest BCUT2D eigenvalue weighted by Crippen LogP contribution is 2.16. The van der Waals surface area contributed by atoms with E-state index in [1.54, 1.807) is 11.3 Å². The molecule has 23 heavy (non-hydrogen) atoms. The lowest BCUT2D eigenvalue weighted by molar-refractivity contribution is -0.125. The SMILES string of the molecule is CCCOC1CCCN(C(C)C(=O)NCCc2cccs2)CC1. The summed E-state index contributed by atoms with van der Waals surface area (Å²) in [4.78, 5) is 16.0. The number of carbonyl (C=O) groups excluding carboxylic acids is 1. The van der Waals surface area contributed by atoms with Crippen LogP contribution >= 0.6 is 11.3 Å². The van der Waals surface area contributed by atoms with Gasteiger partial charge in [0.15, 0.2) is 0 Å². The van der Waals surface area contributed by atoms with Crippen LogP contribution in [0.2, 0.25) is 0 Å². The molecule has 2 unspecified atom stereocenters. The molecule has 1 aromatic rings. The number of amides is 1. The Morgan fingerprint density at radius 2 is 2.35 bits per heavy atom. The third-order valence-corrected chi connectivity index (χ3v) is 5.38. The van der Waals surface area contributed by atoms with Gasteiger partial charge in [-0.05, 0) is 57.0 Å². The molecule has 1 saturated heterocycles. The van der Waals surface area contributed by atoms with Crippen LogP contribution in [0.5, 0.6) is 0 Å². The number of ether oxygens (including phenoxy) is 1. The van der Waals surface area contributed by atoms with Crippen molar-refractivity contribution in [3.8, 4) is 0 Å². The standard InChI is InChI=1S/C18H30N2O2S/c1-3-13-22-16-6-4-11-20(12-9-16)15(2)18(21)19-10-8-17-7-5-14-23-17/h5,7,14-16H,3-4,6,8-13H2,1-2H3,(H,19,21). The van der Waals surface area contributed by atoms with E-state index >= 15 is 0 Å². The van der Waals surface area contributed by atoms with Crippen LogP contribution in [0.4, 0.5) is 0 Å². The van der Waals surface area contributed by atoms with Gasteiger partial charge in [-0.3, -0.25) is 9.69 Å². The molecule has 2 heterocycles. The van der Waals surface area contributed by atoms with Crippen LogP contribution in [0.3, 0.4) is 0 Å². The molecule has 0 aliphatic carbocycles. The number of hydrogen-bond donors (Lipinski definition) is 1. The van der Waals surface area contributed by atoms with Gasteiger partial charge in [-0.1, -0.05) is 13.0 Å². The molecule has 5 heteroatoms. The average Bonchev–Trinajstić information content (AvgIpc) is 2.96. The summed E-state index contributed by atoms with van der Waals surface area (Å²) in [5, 5.41) is 5.16. The molecule has 1 amide bonds. The summed E-state index contributed by atoms with van der Waals surface area (Å²) in [6.45, 7) is 7.68. The van der Waals surface area contributed by atoms with Crippen molar-refractivity contribution in [2.24, 2.45) is 0 Å². The van der Waals surface area contributed by atoms with Crippen LogP contribution in [-0.2, 0) is 16.0 Å². The first-order valence-electron chi connectivity index (χ1n) is 8.86. The Bertz CT molecular complexity index is 450. The predicted octanol–water partition coefficient (Wildman–Crippen LogP) is 3.08. The molecule has 0 bridgehead atoms. The monoisotopic (exact) mass is 338 g/mol. The molecule has 0 saturated carbocycles. The molecule has 2 rings (SSSR count).